The number of esters is 1. The Morgan fingerprint density at radius 3 is 2.60 bits per heavy atom. The van der Waals surface area contributed by atoms with Crippen molar-refractivity contribution in [2.24, 2.45) is 0 Å². The molecule has 0 aliphatic carbocycles. The second-order valence-electron chi connectivity index (χ2n) is 5.16. The maximum Gasteiger partial charge on any atom is 0.360 e. The van der Waals surface area contributed by atoms with E-state index in [1.165, 1.54) is 35.8 Å². The van der Waals surface area contributed by atoms with Gasteiger partial charge < -0.3 is 10.1 Å². The number of methoxy groups -OCH3 is 1. The molecule has 2 rings (SSSR count). The Balaban J connectivity index is 2.03. The Kier molecular flexibility index (Phi) is 5.47. The summed E-state index contributed by atoms with van der Waals surface area (Å²) in [5.74, 6) is -1.03. The van der Waals surface area contributed by atoms with Gasteiger partial charge in [-0.2, -0.15) is 10.2 Å². The molecule has 0 saturated carbocycles. The highest BCUT2D eigenvalue weighted by molar-refractivity contribution is 5.99. The number of hydrogen-bond donors (Lipinski definition) is 1. The van der Waals surface area contributed by atoms with Crippen LogP contribution in [0, 0.1) is 17.0 Å². The highest BCUT2D eigenvalue weighted by Gasteiger charge is 2.19. The molecule has 2 heterocycles. The average Bonchev–Trinajstić information content (AvgIpc) is 3.15. The van der Waals surface area contributed by atoms with Crippen molar-refractivity contribution in [3.8, 4) is 0 Å². The van der Waals surface area contributed by atoms with Crippen LogP contribution in [-0.4, -0.2) is 43.5 Å². The van der Waals surface area contributed by atoms with E-state index in [9.17, 15) is 19.7 Å². The molecule has 1 amide bonds. The molecule has 134 valence electrons. The Labute approximate surface area is 142 Å². The number of anilines is 1. The lowest BCUT2D eigenvalue weighted by atomic mass is 10.3. The number of aryl methyl sites for hydroxylation is 3. The van der Waals surface area contributed by atoms with Crippen LogP contribution >= 0.6 is 0 Å². The van der Waals surface area contributed by atoms with Crippen LogP contribution < -0.4 is 5.32 Å². The van der Waals surface area contributed by atoms with Crippen molar-refractivity contribution in [3.63, 3.8) is 0 Å². The third kappa shape index (κ3) is 4.19. The van der Waals surface area contributed by atoms with Gasteiger partial charge in [0.1, 0.15) is 11.9 Å². The first kappa shape index (κ1) is 18.1. The molecule has 11 heteroatoms. The summed E-state index contributed by atoms with van der Waals surface area (Å²) in [6, 6.07) is 0. The number of carbonyl (C=O) groups is 2. The van der Waals surface area contributed by atoms with Crippen molar-refractivity contribution in [1.29, 1.82) is 0 Å². The summed E-state index contributed by atoms with van der Waals surface area (Å²) in [4.78, 5) is 34.1. The summed E-state index contributed by atoms with van der Waals surface area (Å²) < 4.78 is 7.48. The number of ether oxygens (including phenoxy) is 1. The third-order valence-electron chi connectivity index (χ3n) is 3.42. The molecular weight excluding hydrogens is 332 g/mol. The van der Waals surface area contributed by atoms with E-state index in [2.05, 4.69) is 20.3 Å². The summed E-state index contributed by atoms with van der Waals surface area (Å²) in [5, 5.41) is 21.4. The van der Waals surface area contributed by atoms with E-state index in [-0.39, 0.29) is 41.6 Å². The molecular formula is C14H18N6O5. The van der Waals surface area contributed by atoms with Gasteiger partial charge in [-0.15, -0.1) is 0 Å². The first-order valence-electron chi connectivity index (χ1n) is 7.49. The van der Waals surface area contributed by atoms with Gasteiger partial charge in [0.2, 0.25) is 5.91 Å². The first-order valence-corrected chi connectivity index (χ1v) is 7.49. The minimum atomic E-state index is -0.652. The van der Waals surface area contributed by atoms with Gasteiger partial charge in [0.05, 0.1) is 17.7 Å². The lowest BCUT2D eigenvalue weighted by Crippen LogP contribution is -2.16. The fourth-order valence-electron chi connectivity index (χ4n) is 2.15. The topological polar surface area (TPSA) is 134 Å². The van der Waals surface area contributed by atoms with Gasteiger partial charge in [0.15, 0.2) is 5.69 Å². The molecule has 0 atom stereocenters. The molecule has 2 aromatic heterocycles. The van der Waals surface area contributed by atoms with E-state index < -0.39 is 10.9 Å². The molecule has 0 unspecified atom stereocenters. The van der Waals surface area contributed by atoms with Crippen LogP contribution in [-0.2, 0) is 22.6 Å². The van der Waals surface area contributed by atoms with E-state index >= 15 is 0 Å². The maximum atomic E-state index is 12.1. The second kappa shape index (κ2) is 7.55. The lowest BCUT2D eigenvalue weighted by Gasteiger charge is -2.04. The number of nitrogens with one attached hydrogen (secondary N) is 1. The SMILES string of the molecule is CCn1cc(NC(=O)CCn2cc([N+](=O)[O-])c(C)n2)c(C(=O)OC)n1. The van der Waals surface area contributed by atoms with Crippen molar-refractivity contribution in [2.75, 3.05) is 12.4 Å². The van der Waals surface area contributed by atoms with Gasteiger partial charge in [-0.3, -0.25) is 24.3 Å². The fourth-order valence-corrected chi connectivity index (χ4v) is 2.15. The zero-order chi connectivity index (χ0) is 18.6. The minimum absolute atomic E-state index is 0.0169. The number of rotatable bonds is 7. The van der Waals surface area contributed by atoms with Crippen molar-refractivity contribution in [2.45, 2.75) is 33.4 Å². The standard InChI is InChI=1S/C14H18N6O5/c1-4-18-7-10(13(17-18)14(22)25-3)15-12(21)5-6-19-8-11(20(23)24)9(2)16-19/h7-8H,4-6H2,1-3H3,(H,15,21). The van der Waals surface area contributed by atoms with Gasteiger partial charge in [-0.05, 0) is 13.8 Å². The molecule has 0 bridgehead atoms. The number of carbonyl (C=O) groups excluding carboxylic acids is 2. The molecule has 0 saturated heterocycles. The van der Waals surface area contributed by atoms with E-state index in [0.29, 0.717) is 6.54 Å². The number of aromatic nitrogens is 4. The van der Waals surface area contributed by atoms with Crippen molar-refractivity contribution in [1.82, 2.24) is 19.6 Å². The monoisotopic (exact) mass is 350 g/mol. The number of amides is 1. The van der Waals surface area contributed by atoms with Crippen molar-refractivity contribution in [3.05, 3.63) is 33.9 Å². The molecule has 0 aromatic carbocycles. The fraction of sp³-hybridized carbons (Fsp3) is 0.429. The summed E-state index contributed by atoms with van der Waals surface area (Å²) >= 11 is 0. The molecule has 1 N–H and O–H groups in total. The molecule has 2 aromatic rings. The van der Waals surface area contributed by atoms with Gasteiger partial charge in [0.25, 0.3) is 0 Å². The van der Waals surface area contributed by atoms with Crippen LogP contribution in [0.2, 0.25) is 0 Å². The smallest absolute Gasteiger partial charge is 0.360 e. The summed E-state index contributed by atoms with van der Waals surface area (Å²) in [7, 11) is 1.23. The molecule has 0 aliphatic rings. The largest absolute Gasteiger partial charge is 0.464 e. The Hall–Kier alpha value is -3.24. The Bertz CT molecular complexity index is 809. The maximum absolute atomic E-state index is 12.1. The van der Waals surface area contributed by atoms with Gasteiger partial charge in [0, 0.05) is 25.7 Å². The molecule has 0 fully saturated rings. The quantitative estimate of drug-likeness (QED) is 0.449. The summed E-state index contributed by atoms with van der Waals surface area (Å²) in [5.41, 5.74) is 0.449. The normalized spacial score (nSPS) is 10.5. The predicted octanol–water partition coefficient (Wildman–Crippen LogP) is 1.13. The van der Waals surface area contributed by atoms with E-state index in [1.54, 1.807) is 0 Å². The van der Waals surface area contributed by atoms with Crippen molar-refractivity contribution < 1.29 is 19.2 Å². The molecule has 25 heavy (non-hydrogen) atoms. The van der Waals surface area contributed by atoms with E-state index in [1.807, 2.05) is 6.92 Å². The Morgan fingerprint density at radius 1 is 1.32 bits per heavy atom. The number of hydrogen-bond acceptors (Lipinski definition) is 7. The summed E-state index contributed by atoms with van der Waals surface area (Å²) in [6.07, 6.45) is 2.83. The van der Waals surface area contributed by atoms with Crippen molar-refractivity contribution >= 4 is 23.3 Å². The van der Waals surface area contributed by atoms with Crippen LogP contribution in [0.25, 0.3) is 0 Å². The third-order valence-corrected chi connectivity index (χ3v) is 3.42. The van der Waals surface area contributed by atoms with Gasteiger partial charge in [-0.1, -0.05) is 0 Å². The van der Waals surface area contributed by atoms with Crippen LogP contribution in [0.1, 0.15) is 29.5 Å². The molecule has 0 radical (unpaired) electrons. The first-order chi connectivity index (χ1) is 11.8. The molecule has 11 nitrogen and oxygen atoms in total. The van der Waals surface area contributed by atoms with Crippen LogP contribution in [0.15, 0.2) is 12.4 Å². The second-order valence-corrected chi connectivity index (χ2v) is 5.16. The Morgan fingerprint density at radius 2 is 2.04 bits per heavy atom. The minimum Gasteiger partial charge on any atom is -0.464 e. The molecule has 0 aliphatic heterocycles. The zero-order valence-electron chi connectivity index (χ0n) is 14.1. The highest BCUT2D eigenvalue weighted by Crippen LogP contribution is 2.17. The predicted molar refractivity (Wildman–Crippen MR) is 86.1 cm³/mol. The molecule has 0 spiro atoms. The van der Waals surface area contributed by atoms with Gasteiger partial charge in [-0.25, -0.2) is 4.79 Å². The van der Waals surface area contributed by atoms with E-state index in [0.717, 1.165) is 0 Å². The van der Waals surface area contributed by atoms with Crippen LogP contribution in [0.5, 0.6) is 0 Å². The highest BCUT2D eigenvalue weighted by atomic mass is 16.6. The van der Waals surface area contributed by atoms with Crippen LogP contribution in [0.3, 0.4) is 0 Å². The lowest BCUT2D eigenvalue weighted by molar-refractivity contribution is -0.385. The number of nitrogens with zero attached hydrogens (tertiary/aromatic N) is 5. The van der Waals surface area contributed by atoms with Crippen LogP contribution in [0.4, 0.5) is 11.4 Å². The van der Waals surface area contributed by atoms with E-state index in [4.69, 9.17) is 0 Å². The zero-order valence-corrected chi connectivity index (χ0v) is 14.1. The summed E-state index contributed by atoms with van der Waals surface area (Å²) in [6.45, 7) is 4.05. The van der Waals surface area contributed by atoms with Gasteiger partial charge >= 0.3 is 11.7 Å². The average molecular weight is 350 g/mol. The number of nitro groups is 1.